The van der Waals surface area contributed by atoms with Gasteiger partial charge in [-0.15, -0.1) is 0 Å². The summed E-state index contributed by atoms with van der Waals surface area (Å²) in [5, 5.41) is 5.59. The number of ether oxygens (including phenoxy) is 1. The normalized spacial score (nSPS) is 14.5. The van der Waals surface area contributed by atoms with Crippen LogP contribution in [0.4, 0.5) is 10.5 Å². The van der Waals surface area contributed by atoms with E-state index in [1.807, 2.05) is 37.3 Å². The predicted molar refractivity (Wildman–Crippen MR) is 151 cm³/mol. The Bertz CT molecular complexity index is 1230. The number of nitrogens with one attached hydrogen (secondary N) is 2. The summed E-state index contributed by atoms with van der Waals surface area (Å²) in [4.78, 5) is 53.8. The Kier molecular flexibility index (Phi) is 9.51. The average Bonchev–Trinajstić information content (AvgIpc) is 3.70. The molecule has 1 fully saturated rings. The molecule has 0 bridgehead atoms. The van der Waals surface area contributed by atoms with Crippen molar-refractivity contribution in [3.8, 4) is 0 Å². The van der Waals surface area contributed by atoms with Crippen molar-refractivity contribution >= 4 is 35.6 Å². The quantitative estimate of drug-likeness (QED) is 0.392. The molecule has 4 amide bonds. The van der Waals surface area contributed by atoms with Crippen LogP contribution in [0.15, 0.2) is 55.1 Å². The van der Waals surface area contributed by atoms with Crippen LogP contribution in [-0.2, 0) is 19.1 Å². The van der Waals surface area contributed by atoms with Crippen molar-refractivity contribution in [3.63, 3.8) is 0 Å². The molecule has 9 heteroatoms. The van der Waals surface area contributed by atoms with Crippen LogP contribution in [0.2, 0.25) is 0 Å². The second-order valence-electron chi connectivity index (χ2n) is 10.8. The largest absolute Gasteiger partial charge is 0.444 e. The number of para-hydroxylation sites is 1. The van der Waals surface area contributed by atoms with Gasteiger partial charge in [0.15, 0.2) is 0 Å². The molecule has 2 atom stereocenters. The molecule has 2 unspecified atom stereocenters. The average molecular weight is 535 g/mol. The number of alkyl carbamates (subject to hydrolysis) is 1. The van der Waals surface area contributed by atoms with Crippen LogP contribution in [0.5, 0.6) is 0 Å². The minimum absolute atomic E-state index is 0.0323. The van der Waals surface area contributed by atoms with E-state index < -0.39 is 41.5 Å². The number of anilines is 1. The van der Waals surface area contributed by atoms with Crippen LogP contribution >= 0.6 is 0 Å². The minimum atomic E-state index is -1.12. The Hall–Kier alpha value is -4.14. The second-order valence-corrected chi connectivity index (χ2v) is 10.8. The van der Waals surface area contributed by atoms with Gasteiger partial charge in [-0.2, -0.15) is 0 Å². The minimum Gasteiger partial charge on any atom is -0.444 e. The molecule has 0 saturated heterocycles. The third kappa shape index (κ3) is 8.43. The van der Waals surface area contributed by atoms with Crippen molar-refractivity contribution < 1.29 is 23.9 Å². The Morgan fingerprint density at radius 2 is 1.82 bits per heavy atom. The summed E-state index contributed by atoms with van der Waals surface area (Å²) < 4.78 is 5.37. The van der Waals surface area contributed by atoms with Gasteiger partial charge in [-0.25, -0.2) is 4.79 Å². The molecular formula is C30H38N4O5. The molecule has 39 heavy (non-hydrogen) atoms. The standard InChI is InChI=1S/C30H38N4O5/c1-6-20-11-9-12-21(18-20)26(27(36)32-23-13-8-7-10-19(23)2)34(22-14-15-22)28(37)24(16-17-25(31)35)33-29(38)39-30(3,4)5/h6-13,18,22,24,26H,1,14-17H2,2-5H3,(H2,31,35)(H,32,36)(H,33,38). The fourth-order valence-electron chi connectivity index (χ4n) is 4.25. The van der Waals surface area contributed by atoms with Crippen molar-refractivity contribution in [1.29, 1.82) is 0 Å². The van der Waals surface area contributed by atoms with E-state index in [-0.39, 0.29) is 18.9 Å². The van der Waals surface area contributed by atoms with Gasteiger partial charge >= 0.3 is 6.09 Å². The summed E-state index contributed by atoms with van der Waals surface area (Å²) in [5.41, 5.74) is 7.48. The van der Waals surface area contributed by atoms with Gasteiger partial charge in [0.25, 0.3) is 5.91 Å². The molecule has 1 aliphatic carbocycles. The van der Waals surface area contributed by atoms with Crippen LogP contribution in [-0.4, -0.2) is 46.4 Å². The monoisotopic (exact) mass is 534 g/mol. The molecular weight excluding hydrogens is 496 g/mol. The van der Waals surface area contributed by atoms with Gasteiger partial charge in [0.05, 0.1) is 0 Å². The number of hydrogen-bond acceptors (Lipinski definition) is 5. The first-order chi connectivity index (χ1) is 18.4. The Morgan fingerprint density at radius 3 is 2.41 bits per heavy atom. The van der Waals surface area contributed by atoms with E-state index in [1.165, 1.54) is 4.90 Å². The van der Waals surface area contributed by atoms with Crippen molar-refractivity contribution in [2.75, 3.05) is 5.32 Å². The lowest BCUT2D eigenvalue weighted by atomic mass is 9.99. The van der Waals surface area contributed by atoms with Crippen molar-refractivity contribution in [3.05, 3.63) is 71.8 Å². The van der Waals surface area contributed by atoms with E-state index in [9.17, 15) is 19.2 Å². The molecule has 0 aliphatic heterocycles. The highest BCUT2D eigenvalue weighted by Crippen LogP contribution is 2.37. The molecule has 0 spiro atoms. The summed E-state index contributed by atoms with van der Waals surface area (Å²) in [5.74, 6) is -1.49. The van der Waals surface area contributed by atoms with E-state index in [2.05, 4.69) is 17.2 Å². The van der Waals surface area contributed by atoms with E-state index in [4.69, 9.17) is 10.5 Å². The maximum absolute atomic E-state index is 14.1. The lowest BCUT2D eigenvalue weighted by molar-refractivity contribution is -0.141. The summed E-state index contributed by atoms with van der Waals surface area (Å²) >= 11 is 0. The summed E-state index contributed by atoms with van der Waals surface area (Å²) in [6.07, 6.45) is 2.12. The van der Waals surface area contributed by atoms with Gasteiger partial charge in [-0.1, -0.05) is 49.1 Å². The molecule has 0 aromatic heterocycles. The van der Waals surface area contributed by atoms with E-state index in [0.29, 0.717) is 24.1 Å². The maximum Gasteiger partial charge on any atom is 0.408 e. The molecule has 208 valence electrons. The van der Waals surface area contributed by atoms with Crippen LogP contribution in [0, 0.1) is 6.92 Å². The first kappa shape index (κ1) is 29.4. The molecule has 3 rings (SSSR count). The molecule has 1 saturated carbocycles. The zero-order chi connectivity index (χ0) is 28.7. The van der Waals surface area contributed by atoms with Crippen molar-refractivity contribution in [2.24, 2.45) is 5.73 Å². The third-order valence-corrected chi connectivity index (χ3v) is 6.25. The number of rotatable bonds is 11. The lowest BCUT2D eigenvalue weighted by Gasteiger charge is -2.35. The fourth-order valence-corrected chi connectivity index (χ4v) is 4.25. The van der Waals surface area contributed by atoms with Crippen LogP contribution in [0.3, 0.4) is 0 Å². The number of nitrogens with zero attached hydrogens (tertiary/aromatic N) is 1. The first-order valence-corrected chi connectivity index (χ1v) is 13.1. The lowest BCUT2D eigenvalue weighted by Crippen LogP contribution is -2.53. The second kappa shape index (κ2) is 12.6. The number of primary amides is 1. The Balaban J connectivity index is 2.02. The predicted octanol–water partition coefficient (Wildman–Crippen LogP) is 4.47. The third-order valence-electron chi connectivity index (χ3n) is 6.25. The Labute approximate surface area is 229 Å². The SMILES string of the molecule is C=Cc1cccc(C(C(=O)Nc2ccccc2C)N(C(=O)C(CCC(N)=O)NC(=O)OC(C)(C)C)C2CC2)c1. The highest BCUT2D eigenvalue weighted by atomic mass is 16.6. The highest BCUT2D eigenvalue weighted by molar-refractivity contribution is 5.99. The number of carbonyl (C=O) groups excluding carboxylic acids is 4. The van der Waals surface area contributed by atoms with Gasteiger partial charge in [0.2, 0.25) is 11.8 Å². The topological polar surface area (TPSA) is 131 Å². The number of aryl methyl sites for hydroxylation is 1. The number of hydrogen-bond donors (Lipinski definition) is 3. The number of amides is 4. The van der Waals surface area contributed by atoms with Gasteiger partial charge in [-0.05, 0) is 75.8 Å². The Morgan fingerprint density at radius 1 is 1.13 bits per heavy atom. The molecule has 9 nitrogen and oxygen atoms in total. The zero-order valence-electron chi connectivity index (χ0n) is 23.0. The van der Waals surface area contributed by atoms with Crippen molar-refractivity contribution in [1.82, 2.24) is 10.2 Å². The van der Waals surface area contributed by atoms with E-state index >= 15 is 0 Å². The summed E-state index contributed by atoms with van der Waals surface area (Å²) in [6.45, 7) is 10.8. The van der Waals surface area contributed by atoms with Gasteiger partial charge in [0.1, 0.15) is 17.7 Å². The number of benzene rings is 2. The number of carbonyl (C=O) groups is 4. The maximum atomic E-state index is 14.1. The fraction of sp³-hybridized carbons (Fsp3) is 0.400. The summed E-state index contributed by atoms with van der Waals surface area (Å²) in [7, 11) is 0. The van der Waals surface area contributed by atoms with Gasteiger partial charge in [0, 0.05) is 18.2 Å². The van der Waals surface area contributed by atoms with Crippen LogP contribution in [0.1, 0.15) is 69.2 Å². The molecule has 2 aromatic carbocycles. The van der Waals surface area contributed by atoms with Gasteiger partial charge in [-0.3, -0.25) is 14.4 Å². The van der Waals surface area contributed by atoms with E-state index in [0.717, 1.165) is 11.1 Å². The zero-order valence-corrected chi connectivity index (χ0v) is 23.0. The molecule has 1 aliphatic rings. The van der Waals surface area contributed by atoms with Crippen LogP contribution < -0.4 is 16.4 Å². The number of nitrogens with two attached hydrogens (primary N) is 1. The van der Waals surface area contributed by atoms with Crippen LogP contribution in [0.25, 0.3) is 6.08 Å². The van der Waals surface area contributed by atoms with E-state index in [1.54, 1.807) is 45.0 Å². The molecule has 0 heterocycles. The molecule has 0 radical (unpaired) electrons. The van der Waals surface area contributed by atoms with Gasteiger partial charge < -0.3 is 26.0 Å². The van der Waals surface area contributed by atoms with Crippen molar-refractivity contribution in [2.45, 2.75) is 77.1 Å². The molecule has 2 aromatic rings. The smallest absolute Gasteiger partial charge is 0.408 e. The first-order valence-electron chi connectivity index (χ1n) is 13.1. The summed E-state index contributed by atoms with van der Waals surface area (Å²) in [6, 6.07) is 12.3. The molecule has 4 N–H and O–H groups in total. The highest BCUT2D eigenvalue weighted by Gasteiger charge is 2.44.